The fraction of sp³-hybridized carbons (Fsp3) is 0.500. The van der Waals surface area contributed by atoms with Crippen LogP contribution in [0.4, 0.5) is 0 Å². The Morgan fingerprint density at radius 3 is 2.31 bits per heavy atom. The summed E-state index contributed by atoms with van der Waals surface area (Å²) in [6.45, 7) is 0.206. The molecule has 0 spiro atoms. The maximum Gasteiger partial charge on any atom is 0.132 e. The number of benzene rings is 1. The standard InChI is InChI=1S/C14H18O2/c15-10-9-11-1-3-12(4-2-11)13-5-7-14(16)8-6-13/h1-4,13,15H,5-10H2. The number of hydrogen-bond donors (Lipinski definition) is 1. The number of aliphatic hydroxyl groups excluding tert-OH is 1. The monoisotopic (exact) mass is 218 g/mol. The van der Waals surface area contributed by atoms with E-state index in [9.17, 15) is 4.79 Å². The topological polar surface area (TPSA) is 37.3 Å². The second-order valence-electron chi connectivity index (χ2n) is 4.53. The van der Waals surface area contributed by atoms with Crippen LogP contribution in [0.25, 0.3) is 0 Å². The molecule has 0 unspecified atom stereocenters. The molecule has 1 aliphatic carbocycles. The molecule has 0 aliphatic heterocycles. The van der Waals surface area contributed by atoms with Crippen molar-refractivity contribution in [3.05, 3.63) is 35.4 Å². The number of ketones is 1. The van der Waals surface area contributed by atoms with E-state index in [1.54, 1.807) is 0 Å². The van der Waals surface area contributed by atoms with E-state index < -0.39 is 0 Å². The number of Topliss-reactive ketones (excluding diaryl/α,β-unsaturated/α-hetero) is 1. The lowest BCUT2D eigenvalue weighted by Gasteiger charge is -2.21. The first-order valence-corrected chi connectivity index (χ1v) is 6.01. The number of carbonyl (C=O) groups is 1. The van der Waals surface area contributed by atoms with E-state index in [-0.39, 0.29) is 6.61 Å². The zero-order valence-corrected chi connectivity index (χ0v) is 9.48. The first kappa shape index (κ1) is 11.3. The Hall–Kier alpha value is -1.15. The minimum atomic E-state index is 0.206. The van der Waals surface area contributed by atoms with Crippen LogP contribution in [0, 0.1) is 0 Å². The SMILES string of the molecule is O=C1CCC(c2ccc(CCO)cc2)CC1. The quantitative estimate of drug-likeness (QED) is 0.846. The largest absolute Gasteiger partial charge is 0.396 e. The van der Waals surface area contributed by atoms with E-state index in [1.165, 1.54) is 11.1 Å². The number of rotatable bonds is 3. The van der Waals surface area contributed by atoms with Gasteiger partial charge in [0.05, 0.1) is 0 Å². The van der Waals surface area contributed by atoms with Crippen molar-refractivity contribution in [3.63, 3.8) is 0 Å². The summed E-state index contributed by atoms with van der Waals surface area (Å²) in [5.41, 5.74) is 2.52. The van der Waals surface area contributed by atoms with Crippen LogP contribution in [0.3, 0.4) is 0 Å². The van der Waals surface area contributed by atoms with E-state index in [1.807, 2.05) is 0 Å². The average Bonchev–Trinajstić information content (AvgIpc) is 2.32. The molecule has 1 saturated carbocycles. The maximum atomic E-state index is 11.2. The molecule has 1 aromatic carbocycles. The highest BCUT2D eigenvalue weighted by atomic mass is 16.2. The van der Waals surface area contributed by atoms with Crippen molar-refractivity contribution in [1.29, 1.82) is 0 Å². The first-order valence-electron chi connectivity index (χ1n) is 6.01. The van der Waals surface area contributed by atoms with Crippen molar-refractivity contribution >= 4 is 5.78 Å². The highest BCUT2D eigenvalue weighted by Crippen LogP contribution is 2.31. The molecule has 16 heavy (non-hydrogen) atoms. The van der Waals surface area contributed by atoms with Crippen molar-refractivity contribution in [2.75, 3.05) is 6.61 Å². The fourth-order valence-corrected chi connectivity index (χ4v) is 2.36. The van der Waals surface area contributed by atoms with Crippen LogP contribution in [0.2, 0.25) is 0 Å². The van der Waals surface area contributed by atoms with Gasteiger partial charge in [-0.3, -0.25) is 4.79 Å². The zero-order chi connectivity index (χ0) is 11.4. The molecule has 0 aromatic heterocycles. The molecular weight excluding hydrogens is 200 g/mol. The smallest absolute Gasteiger partial charge is 0.132 e. The Kier molecular flexibility index (Phi) is 3.73. The lowest BCUT2D eigenvalue weighted by molar-refractivity contribution is -0.120. The molecular formula is C14H18O2. The Balaban J connectivity index is 2.01. The third-order valence-electron chi connectivity index (χ3n) is 3.39. The predicted octanol–water partition coefficient (Wildman–Crippen LogP) is 2.45. The molecule has 1 aliphatic rings. The van der Waals surface area contributed by atoms with Gasteiger partial charge < -0.3 is 5.11 Å². The van der Waals surface area contributed by atoms with Crippen LogP contribution in [-0.2, 0) is 11.2 Å². The van der Waals surface area contributed by atoms with Gasteiger partial charge in [-0.2, -0.15) is 0 Å². The normalized spacial score (nSPS) is 17.7. The maximum absolute atomic E-state index is 11.2. The summed E-state index contributed by atoms with van der Waals surface area (Å²) < 4.78 is 0. The second-order valence-corrected chi connectivity index (χ2v) is 4.53. The van der Waals surface area contributed by atoms with Crippen molar-refractivity contribution < 1.29 is 9.90 Å². The van der Waals surface area contributed by atoms with E-state index in [0.717, 1.165) is 32.1 Å². The fourth-order valence-electron chi connectivity index (χ4n) is 2.36. The van der Waals surface area contributed by atoms with Crippen LogP contribution in [-0.4, -0.2) is 17.5 Å². The van der Waals surface area contributed by atoms with Crippen molar-refractivity contribution in [1.82, 2.24) is 0 Å². The lowest BCUT2D eigenvalue weighted by atomic mass is 9.83. The predicted molar refractivity (Wildman–Crippen MR) is 63.4 cm³/mol. The average molecular weight is 218 g/mol. The van der Waals surface area contributed by atoms with E-state index >= 15 is 0 Å². The molecule has 86 valence electrons. The molecule has 2 rings (SSSR count). The van der Waals surface area contributed by atoms with Gasteiger partial charge in [-0.1, -0.05) is 24.3 Å². The summed E-state index contributed by atoms with van der Waals surface area (Å²) in [6, 6.07) is 8.46. The summed E-state index contributed by atoms with van der Waals surface area (Å²) in [6.07, 6.45) is 4.20. The first-order chi connectivity index (χ1) is 7.79. The van der Waals surface area contributed by atoms with Gasteiger partial charge in [0.1, 0.15) is 5.78 Å². The van der Waals surface area contributed by atoms with Gasteiger partial charge in [0.2, 0.25) is 0 Å². The van der Waals surface area contributed by atoms with Crippen LogP contribution in [0.15, 0.2) is 24.3 Å². The Morgan fingerprint density at radius 2 is 1.75 bits per heavy atom. The molecule has 1 N–H and O–H groups in total. The lowest BCUT2D eigenvalue weighted by Crippen LogP contribution is -2.12. The Morgan fingerprint density at radius 1 is 1.12 bits per heavy atom. The molecule has 0 amide bonds. The highest BCUT2D eigenvalue weighted by Gasteiger charge is 2.19. The van der Waals surface area contributed by atoms with Gasteiger partial charge in [-0.15, -0.1) is 0 Å². The van der Waals surface area contributed by atoms with Crippen molar-refractivity contribution in [2.45, 2.75) is 38.0 Å². The third-order valence-corrected chi connectivity index (χ3v) is 3.39. The minimum absolute atomic E-state index is 0.206. The van der Waals surface area contributed by atoms with Gasteiger partial charge in [0, 0.05) is 19.4 Å². The van der Waals surface area contributed by atoms with Gasteiger partial charge in [0.15, 0.2) is 0 Å². The minimum Gasteiger partial charge on any atom is -0.396 e. The summed E-state index contributed by atoms with van der Waals surface area (Å²) in [5.74, 6) is 0.967. The van der Waals surface area contributed by atoms with E-state index in [2.05, 4.69) is 24.3 Å². The third kappa shape index (κ3) is 2.70. The van der Waals surface area contributed by atoms with Gasteiger partial charge in [-0.05, 0) is 36.3 Å². The molecule has 0 radical (unpaired) electrons. The molecule has 0 bridgehead atoms. The Labute approximate surface area is 96.3 Å². The summed E-state index contributed by atoms with van der Waals surface area (Å²) in [7, 11) is 0. The summed E-state index contributed by atoms with van der Waals surface area (Å²) in [5, 5.41) is 8.83. The highest BCUT2D eigenvalue weighted by molar-refractivity contribution is 5.79. The van der Waals surface area contributed by atoms with Crippen LogP contribution >= 0.6 is 0 Å². The molecule has 0 heterocycles. The molecule has 0 atom stereocenters. The van der Waals surface area contributed by atoms with Gasteiger partial charge >= 0.3 is 0 Å². The van der Waals surface area contributed by atoms with Gasteiger partial charge in [-0.25, -0.2) is 0 Å². The van der Waals surface area contributed by atoms with Crippen molar-refractivity contribution in [3.8, 4) is 0 Å². The van der Waals surface area contributed by atoms with Gasteiger partial charge in [0.25, 0.3) is 0 Å². The van der Waals surface area contributed by atoms with E-state index in [0.29, 0.717) is 11.7 Å². The van der Waals surface area contributed by atoms with Crippen LogP contribution in [0.5, 0.6) is 0 Å². The molecule has 1 fully saturated rings. The summed E-state index contributed by atoms with van der Waals surface area (Å²) in [4.78, 5) is 11.2. The molecule has 2 nitrogen and oxygen atoms in total. The van der Waals surface area contributed by atoms with Crippen LogP contribution in [0.1, 0.15) is 42.7 Å². The molecule has 0 saturated heterocycles. The second kappa shape index (κ2) is 5.26. The van der Waals surface area contributed by atoms with E-state index in [4.69, 9.17) is 5.11 Å². The molecule has 2 heteroatoms. The molecule has 1 aromatic rings. The summed E-state index contributed by atoms with van der Waals surface area (Å²) >= 11 is 0. The van der Waals surface area contributed by atoms with Crippen LogP contribution < -0.4 is 0 Å². The van der Waals surface area contributed by atoms with Crippen molar-refractivity contribution in [2.24, 2.45) is 0 Å². The number of hydrogen-bond acceptors (Lipinski definition) is 2. The number of carbonyl (C=O) groups excluding carboxylic acids is 1. The number of aliphatic hydroxyl groups is 1. The zero-order valence-electron chi connectivity index (χ0n) is 9.48. The Bertz CT molecular complexity index is 344.